The number of hydrogen-bond donors (Lipinski definition) is 1. The minimum Gasteiger partial charge on any atom is -0.492 e. The van der Waals surface area contributed by atoms with Crippen molar-refractivity contribution in [3.63, 3.8) is 0 Å². The fourth-order valence-corrected chi connectivity index (χ4v) is 1.81. The molecule has 7 heteroatoms. The summed E-state index contributed by atoms with van der Waals surface area (Å²) < 4.78 is 18.9. The summed E-state index contributed by atoms with van der Waals surface area (Å²) in [6.07, 6.45) is 0. The molecule has 0 heterocycles. The van der Waals surface area contributed by atoms with Crippen LogP contribution in [0.3, 0.4) is 0 Å². The van der Waals surface area contributed by atoms with E-state index in [1.165, 1.54) is 30.3 Å². The third-order valence-corrected chi connectivity index (χ3v) is 2.90. The third-order valence-electron chi connectivity index (χ3n) is 2.66. The van der Waals surface area contributed by atoms with Gasteiger partial charge in [-0.2, -0.15) is 0 Å². The Bertz CT molecular complexity index is 635. The summed E-state index contributed by atoms with van der Waals surface area (Å²) in [4.78, 5) is 10.0. The number of halogens is 2. The molecular formula is C14H12ClFN2O3. The van der Waals surface area contributed by atoms with E-state index >= 15 is 0 Å². The van der Waals surface area contributed by atoms with Crippen LogP contribution in [0.15, 0.2) is 42.5 Å². The van der Waals surface area contributed by atoms with Gasteiger partial charge in [-0.15, -0.1) is 0 Å². The highest BCUT2D eigenvalue weighted by Crippen LogP contribution is 2.19. The van der Waals surface area contributed by atoms with Gasteiger partial charge in [0, 0.05) is 23.7 Å². The molecule has 0 bridgehead atoms. The average Bonchev–Trinajstić information content (AvgIpc) is 2.46. The summed E-state index contributed by atoms with van der Waals surface area (Å²) in [7, 11) is 0. The zero-order valence-electron chi connectivity index (χ0n) is 10.9. The summed E-state index contributed by atoms with van der Waals surface area (Å²) in [6.45, 7) is 0.676. The van der Waals surface area contributed by atoms with Crippen molar-refractivity contribution in [2.45, 2.75) is 0 Å². The second-order valence-corrected chi connectivity index (χ2v) is 4.59. The van der Waals surface area contributed by atoms with E-state index in [2.05, 4.69) is 5.32 Å². The first kappa shape index (κ1) is 15.1. The fourth-order valence-electron chi connectivity index (χ4n) is 1.65. The van der Waals surface area contributed by atoms with Crippen LogP contribution in [-0.4, -0.2) is 18.1 Å². The van der Waals surface area contributed by atoms with Gasteiger partial charge in [-0.1, -0.05) is 11.6 Å². The van der Waals surface area contributed by atoms with E-state index in [-0.39, 0.29) is 5.69 Å². The number of ether oxygens (including phenoxy) is 1. The van der Waals surface area contributed by atoms with Crippen LogP contribution in [0.2, 0.25) is 5.02 Å². The Morgan fingerprint density at radius 3 is 2.57 bits per heavy atom. The lowest BCUT2D eigenvalue weighted by atomic mass is 10.3. The monoisotopic (exact) mass is 310 g/mol. The van der Waals surface area contributed by atoms with Gasteiger partial charge in [-0.25, -0.2) is 4.39 Å². The van der Waals surface area contributed by atoms with Gasteiger partial charge in [0.2, 0.25) is 0 Å². The van der Waals surface area contributed by atoms with Crippen molar-refractivity contribution in [3.8, 4) is 5.75 Å². The molecule has 0 saturated heterocycles. The number of nitrogens with zero attached hydrogens (tertiary/aromatic N) is 1. The second-order valence-electron chi connectivity index (χ2n) is 4.15. The first-order valence-corrected chi connectivity index (χ1v) is 6.50. The smallest absolute Gasteiger partial charge is 0.269 e. The molecule has 0 unspecified atom stereocenters. The van der Waals surface area contributed by atoms with E-state index < -0.39 is 10.7 Å². The Labute approximate surface area is 125 Å². The summed E-state index contributed by atoms with van der Waals surface area (Å²) in [5, 5.41) is 13.7. The molecule has 0 aromatic heterocycles. The van der Waals surface area contributed by atoms with E-state index in [4.69, 9.17) is 16.3 Å². The SMILES string of the molecule is O=[N+]([O-])c1ccc(OCCNc2ccc(Cl)cc2F)cc1. The summed E-state index contributed by atoms with van der Waals surface area (Å²) in [6, 6.07) is 10.1. The normalized spacial score (nSPS) is 10.2. The van der Waals surface area contributed by atoms with E-state index in [1.807, 2.05) is 0 Å². The van der Waals surface area contributed by atoms with Crippen molar-refractivity contribution in [1.29, 1.82) is 0 Å². The highest BCUT2D eigenvalue weighted by molar-refractivity contribution is 6.30. The maximum atomic E-state index is 13.5. The van der Waals surface area contributed by atoms with Gasteiger partial charge in [-0.3, -0.25) is 10.1 Å². The quantitative estimate of drug-likeness (QED) is 0.499. The maximum Gasteiger partial charge on any atom is 0.269 e. The Morgan fingerprint density at radius 2 is 1.95 bits per heavy atom. The Hall–Kier alpha value is -2.34. The number of rotatable bonds is 6. The van der Waals surface area contributed by atoms with Crippen LogP contribution in [0.5, 0.6) is 5.75 Å². The fraction of sp³-hybridized carbons (Fsp3) is 0.143. The van der Waals surface area contributed by atoms with Gasteiger partial charge in [0.15, 0.2) is 0 Å². The van der Waals surface area contributed by atoms with E-state index in [9.17, 15) is 14.5 Å². The van der Waals surface area contributed by atoms with Crippen LogP contribution in [-0.2, 0) is 0 Å². The molecule has 21 heavy (non-hydrogen) atoms. The Balaban J connectivity index is 1.80. The molecule has 110 valence electrons. The van der Waals surface area contributed by atoms with Crippen LogP contribution in [0.4, 0.5) is 15.8 Å². The lowest BCUT2D eigenvalue weighted by molar-refractivity contribution is -0.384. The molecule has 1 N–H and O–H groups in total. The lowest BCUT2D eigenvalue weighted by Crippen LogP contribution is -2.12. The van der Waals surface area contributed by atoms with E-state index in [1.54, 1.807) is 12.1 Å². The number of nitro benzene ring substituents is 1. The van der Waals surface area contributed by atoms with Crippen LogP contribution in [0, 0.1) is 15.9 Å². The minimum atomic E-state index is -0.478. The maximum absolute atomic E-state index is 13.5. The number of nitrogens with one attached hydrogen (secondary N) is 1. The summed E-state index contributed by atoms with van der Waals surface area (Å²) in [5.41, 5.74) is 0.343. The highest BCUT2D eigenvalue weighted by atomic mass is 35.5. The van der Waals surface area contributed by atoms with Crippen molar-refractivity contribution >= 4 is 23.0 Å². The molecule has 2 rings (SSSR count). The first-order chi connectivity index (χ1) is 10.1. The zero-order valence-corrected chi connectivity index (χ0v) is 11.6. The molecule has 0 atom stereocenters. The van der Waals surface area contributed by atoms with Crippen LogP contribution < -0.4 is 10.1 Å². The largest absolute Gasteiger partial charge is 0.492 e. The van der Waals surface area contributed by atoms with Gasteiger partial charge in [0.25, 0.3) is 5.69 Å². The van der Waals surface area contributed by atoms with Crippen molar-refractivity contribution in [2.75, 3.05) is 18.5 Å². The molecule has 0 fully saturated rings. The van der Waals surface area contributed by atoms with Gasteiger partial charge < -0.3 is 10.1 Å². The van der Waals surface area contributed by atoms with Gasteiger partial charge in [-0.05, 0) is 30.3 Å². The summed E-state index contributed by atoms with van der Waals surface area (Å²) >= 11 is 5.65. The van der Waals surface area contributed by atoms with Crippen LogP contribution >= 0.6 is 11.6 Å². The number of nitro groups is 1. The van der Waals surface area contributed by atoms with Crippen molar-refractivity contribution in [1.82, 2.24) is 0 Å². The first-order valence-electron chi connectivity index (χ1n) is 6.12. The molecule has 0 saturated carbocycles. The molecule has 0 amide bonds. The van der Waals surface area contributed by atoms with E-state index in [0.717, 1.165) is 0 Å². The molecule has 0 aliphatic carbocycles. The molecular weight excluding hydrogens is 299 g/mol. The lowest BCUT2D eigenvalue weighted by Gasteiger charge is -2.09. The summed E-state index contributed by atoms with van der Waals surface area (Å²) in [5.74, 6) is 0.0804. The third kappa shape index (κ3) is 4.32. The molecule has 2 aromatic carbocycles. The van der Waals surface area contributed by atoms with Gasteiger partial charge >= 0.3 is 0 Å². The minimum absolute atomic E-state index is 0.00344. The van der Waals surface area contributed by atoms with Gasteiger partial charge in [0.05, 0.1) is 10.6 Å². The standard InChI is InChI=1S/C14H12ClFN2O3/c15-10-1-6-14(13(16)9-10)17-7-8-21-12-4-2-11(3-5-12)18(19)20/h1-6,9,17H,7-8H2. The molecule has 0 aliphatic rings. The highest BCUT2D eigenvalue weighted by Gasteiger charge is 2.05. The van der Waals surface area contributed by atoms with Crippen LogP contribution in [0.25, 0.3) is 0 Å². The number of benzene rings is 2. The second kappa shape index (κ2) is 6.90. The van der Waals surface area contributed by atoms with Crippen molar-refractivity contribution in [3.05, 3.63) is 63.4 Å². The predicted molar refractivity (Wildman–Crippen MR) is 78.5 cm³/mol. The molecule has 0 aliphatic heterocycles. The van der Waals surface area contributed by atoms with E-state index in [0.29, 0.717) is 29.6 Å². The van der Waals surface area contributed by atoms with Gasteiger partial charge in [0.1, 0.15) is 18.2 Å². The molecule has 0 radical (unpaired) electrons. The van der Waals surface area contributed by atoms with Crippen molar-refractivity contribution < 1.29 is 14.1 Å². The Morgan fingerprint density at radius 1 is 1.24 bits per heavy atom. The zero-order chi connectivity index (χ0) is 15.2. The topological polar surface area (TPSA) is 64.4 Å². The molecule has 0 spiro atoms. The number of hydrogen-bond acceptors (Lipinski definition) is 4. The van der Waals surface area contributed by atoms with Crippen LogP contribution in [0.1, 0.15) is 0 Å². The Kier molecular flexibility index (Phi) is 4.94. The van der Waals surface area contributed by atoms with Crippen molar-refractivity contribution in [2.24, 2.45) is 0 Å². The molecule has 2 aromatic rings. The molecule has 5 nitrogen and oxygen atoms in total. The average molecular weight is 311 g/mol. The number of anilines is 1. The number of non-ortho nitro benzene ring substituents is 1. The predicted octanol–water partition coefficient (Wildman–Crippen LogP) is 3.88.